The van der Waals surface area contributed by atoms with E-state index in [4.69, 9.17) is 20.4 Å². The summed E-state index contributed by atoms with van der Waals surface area (Å²) in [6.45, 7) is 3.21. The molecule has 0 spiro atoms. The Bertz CT molecular complexity index is 687. The third-order valence-corrected chi connectivity index (χ3v) is 2.88. The number of hydrogen-bond donors (Lipinski definition) is 4. The number of aromatic carboxylic acids is 2. The van der Waals surface area contributed by atoms with Gasteiger partial charge in [-0.2, -0.15) is 0 Å². The van der Waals surface area contributed by atoms with Crippen LogP contribution >= 0.6 is 0 Å². The van der Waals surface area contributed by atoms with Gasteiger partial charge in [-0.25, -0.2) is 9.59 Å². The first-order valence-electron chi connectivity index (χ1n) is 6.52. The van der Waals surface area contributed by atoms with Crippen LogP contribution in [0.25, 0.3) is 0 Å². The van der Waals surface area contributed by atoms with Gasteiger partial charge in [0.15, 0.2) is 0 Å². The minimum absolute atomic E-state index is 0. The van der Waals surface area contributed by atoms with Crippen LogP contribution in [0.2, 0.25) is 0 Å². The number of aryl methyl sites for hydroxylation is 2. The zero-order valence-electron chi connectivity index (χ0n) is 13.0. The third kappa shape index (κ3) is 5.59. The van der Waals surface area contributed by atoms with Crippen LogP contribution in [0.5, 0.6) is 23.0 Å². The molecule has 0 heterocycles. The molecule has 25 heavy (non-hydrogen) atoms. The van der Waals surface area contributed by atoms with E-state index in [9.17, 15) is 19.8 Å². The number of benzene rings is 2. The number of carbonyl (C=O) groups is 2. The molecule has 4 N–H and O–H groups in total. The largest absolute Gasteiger partial charge is 2.00 e. The summed E-state index contributed by atoms with van der Waals surface area (Å²) in [6, 6.07) is 4.82. The molecule has 2 rings (SSSR count). The molecule has 0 saturated heterocycles. The molecule has 0 unspecified atom stereocenters. The molecule has 2 aromatic carbocycles. The Kier molecular flexibility index (Phi) is 7.79. The van der Waals surface area contributed by atoms with Crippen LogP contribution in [0.4, 0.5) is 0 Å². The van der Waals surface area contributed by atoms with Crippen LogP contribution in [0.15, 0.2) is 24.3 Å². The molecular formula is C16H14CuO8. The van der Waals surface area contributed by atoms with E-state index in [0.29, 0.717) is 11.1 Å². The molecule has 2 aromatic rings. The van der Waals surface area contributed by atoms with Crippen molar-refractivity contribution < 1.29 is 57.3 Å². The van der Waals surface area contributed by atoms with E-state index in [1.54, 1.807) is 13.8 Å². The van der Waals surface area contributed by atoms with Gasteiger partial charge in [0.1, 0.15) is 11.5 Å². The molecule has 0 fully saturated rings. The van der Waals surface area contributed by atoms with Gasteiger partial charge < -0.3 is 30.6 Å². The smallest absolute Gasteiger partial charge is 0.872 e. The Morgan fingerprint density at radius 2 is 1.04 bits per heavy atom. The summed E-state index contributed by atoms with van der Waals surface area (Å²) in [5.41, 5.74) is -0.0498. The molecule has 0 aliphatic carbocycles. The first kappa shape index (κ1) is 22.1. The van der Waals surface area contributed by atoms with Gasteiger partial charge >= 0.3 is 29.0 Å². The minimum Gasteiger partial charge on any atom is -0.872 e. The quantitative estimate of drug-likeness (QED) is 0.544. The van der Waals surface area contributed by atoms with Crippen molar-refractivity contribution in [1.82, 2.24) is 0 Å². The van der Waals surface area contributed by atoms with Crippen molar-refractivity contribution in [3.8, 4) is 23.0 Å². The average Bonchev–Trinajstić information content (AvgIpc) is 2.35. The van der Waals surface area contributed by atoms with E-state index in [-0.39, 0.29) is 17.1 Å². The Balaban J connectivity index is 0.000000443. The summed E-state index contributed by atoms with van der Waals surface area (Å²) in [4.78, 5) is 20.8. The fourth-order valence-electron chi connectivity index (χ4n) is 1.90. The third-order valence-electron chi connectivity index (χ3n) is 2.88. The maximum absolute atomic E-state index is 11.0. The molecule has 0 saturated carbocycles. The minimum atomic E-state index is -1.41. The van der Waals surface area contributed by atoms with Crippen molar-refractivity contribution in [2.45, 2.75) is 13.8 Å². The zero-order chi connectivity index (χ0) is 18.6. The summed E-state index contributed by atoms with van der Waals surface area (Å²) in [5, 5.41) is 57.0. The van der Waals surface area contributed by atoms with Gasteiger partial charge in [0.25, 0.3) is 0 Å². The fraction of sp³-hybridized carbons (Fsp3) is 0.125. The van der Waals surface area contributed by atoms with Gasteiger partial charge in [-0.15, -0.1) is 0 Å². The molecule has 0 aliphatic rings. The van der Waals surface area contributed by atoms with Crippen LogP contribution in [-0.4, -0.2) is 32.4 Å². The van der Waals surface area contributed by atoms with Gasteiger partial charge in [0.05, 0.1) is 11.1 Å². The van der Waals surface area contributed by atoms with E-state index >= 15 is 0 Å². The Hall–Kier alpha value is -2.90. The number of carboxylic acids is 2. The van der Waals surface area contributed by atoms with Gasteiger partial charge in [0, 0.05) is 0 Å². The van der Waals surface area contributed by atoms with Crippen molar-refractivity contribution in [3.63, 3.8) is 0 Å². The zero-order valence-corrected chi connectivity index (χ0v) is 14.0. The fourth-order valence-corrected chi connectivity index (χ4v) is 1.90. The van der Waals surface area contributed by atoms with Crippen molar-refractivity contribution in [2.75, 3.05) is 0 Å². The second kappa shape index (κ2) is 8.81. The molecule has 8 nitrogen and oxygen atoms in total. The van der Waals surface area contributed by atoms with Crippen LogP contribution in [0.1, 0.15) is 31.8 Å². The van der Waals surface area contributed by atoms with Gasteiger partial charge in [-0.05, 0) is 37.1 Å². The Labute approximate surface area is 153 Å². The number of aromatic hydroxyl groups is 2. The predicted octanol–water partition coefficient (Wildman–Crippen LogP) is 0.942. The number of rotatable bonds is 2. The SMILES string of the molecule is Cc1cc([O-])c(C(=O)O)c(O)c1.Cc1cc([O-])c(C(=O)O)c(O)c1.[Cu+2]. The first-order valence-corrected chi connectivity index (χ1v) is 6.52. The monoisotopic (exact) mass is 397 g/mol. The molecule has 0 bridgehead atoms. The summed E-state index contributed by atoms with van der Waals surface area (Å²) < 4.78 is 0. The second-order valence-corrected chi connectivity index (χ2v) is 4.92. The van der Waals surface area contributed by atoms with Crippen LogP contribution in [-0.2, 0) is 17.1 Å². The normalized spacial score (nSPS) is 9.36. The van der Waals surface area contributed by atoms with Gasteiger partial charge in [0.2, 0.25) is 0 Å². The summed E-state index contributed by atoms with van der Waals surface area (Å²) in [7, 11) is 0. The van der Waals surface area contributed by atoms with Gasteiger partial charge in [-0.1, -0.05) is 23.6 Å². The Morgan fingerprint density at radius 1 is 0.760 bits per heavy atom. The Morgan fingerprint density at radius 3 is 1.24 bits per heavy atom. The second-order valence-electron chi connectivity index (χ2n) is 4.92. The molecule has 9 heteroatoms. The number of carboxylic acid groups (broad SMARTS) is 2. The molecule has 0 aliphatic heterocycles. The molecule has 0 aromatic heterocycles. The van der Waals surface area contributed by atoms with Crippen molar-refractivity contribution in [2.24, 2.45) is 0 Å². The van der Waals surface area contributed by atoms with Crippen molar-refractivity contribution in [3.05, 3.63) is 46.5 Å². The maximum Gasteiger partial charge on any atom is 2.00 e. The van der Waals surface area contributed by atoms with E-state index in [0.717, 1.165) is 0 Å². The van der Waals surface area contributed by atoms with Crippen LogP contribution in [0.3, 0.4) is 0 Å². The van der Waals surface area contributed by atoms with E-state index < -0.39 is 46.1 Å². The molecule has 1 radical (unpaired) electrons. The summed E-state index contributed by atoms with van der Waals surface area (Å²) in [5.74, 6) is -5.10. The summed E-state index contributed by atoms with van der Waals surface area (Å²) >= 11 is 0. The maximum atomic E-state index is 11.0. The van der Waals surface area contributed by atoms with E-state index in [1.807, 2.05) is 0 Å². The van der Waals surface area contributed by atoms with Crippen LogP contribution < -0.4 is 10.2 Å². The standard InChI is InChI=1S/2C8H8O4.Cu/c2*1-4-2-5(9)7(8(11)12)6(10)3-4;/h2*2-3,9-10H,1H3,(H,11,12);/q;;+2/p-2. The number of hydrogen-bond acceptors (Lipinski definition) is 6. The van der Waals surface area contributed by atoms with Crippen molar-refractivity contribution in [1.29, 1.82) is 0 Å². The molecule has 0 atom stereocenters. The molecule has 0 amide bonds. The molecular weight excluding hydrogens is 384 g/mol. The van der Waals surface area contributed by atoms with Crippen LogP contribution in [0, 0.1) is 13.8 Å². The van der Waals surface area contributed by atoms with E-state index in [1.165, 1.54) is 24.3 Å². The predicted molar refractivity (Wildman–Crippen MR) is 78.5 cm³/mol. The van der Waals surface area contributed by atoms with E-state index in [2.05, 4.69) is 0 Å². The summed E-state index contributed by atoms with van der Waals surface area (Å²) in [6.07, 6.45) is 0. The topological polar surface area (TPSA) is 161 Å². The van der Waals surface area contributed by atoms with Crippen molar-refractivity contribution >= 4 is 11.9 Å². The molecule has 137 valence electrons. The van der Waals surface area contributed by atoms with Gasteiger partial charge in [-0.3, -0.25) is 0 Å². The number of phenols is 2. The first-order chi connectivity index (χ1) is 11.0. The average molecular weight is 398 g/mol.